The third kappa shape index (κ3) is 5.54. The summed E-state index contributed by atoms with van der Waals surface area (Å²) in [6.45, 7) is 5.66. The van der Waals surface area contributed by atoms with Gasteiger partial charge in [-0.3, -0.25) is 4.79 Å². The van der Waals surface area contributed by atoms with E-state index in [4.69, 9.17) is 9.84 Å². The highest BCUT2D eigenvalue weighted by molar-refractivity contribution is 7.15. The Labute approximate surface area is 122 Å². The third-order valence-corrected chi connectivity index (χ3v) is 3.71. The maximum atomic E-state index is 11.9. The number of thiophene rings is 1. The Bertz CT molecular complexity index is 493. The van der Waals surface area contributed by atoms with Crippen LogP contribution in [-0.2, 0) is 9.53 Å². The molecule has 1 aromatic heterocycles. The Balaban J connectivity index is 2.52. The van der Waals surface area contributed by atoms with Gasteiger partial charge in [0.2, 0.25) is 0 Å². The molecule has 0 aliphatic rings. The van der Waals surface area contributed by atoms with E-state index in [1.807, 2.05) is 13.8 Å². The van der Waals surface area contributed by atoms with Crippen LogP contribution in [-0.4, -0.2) is 36.7 Å². The van der Waals surface area contributed by atoms with Gasteiger partial charge in [-0.1, -0.05) is 0 Å². The molecule has 5 nitrogen and oxygen atoms in total. The number of aryl methyl sites for hydroxylation is 1. The van der Waals surface area contributed by atoms with Gasteiger partial charge in [-0.15, -0.1) is 11.3 Å². The van der Waals surface area contributed by atoms with Crippen LogP contribution in [0.25, 0.3) is 6.08 Å². The van der Waals surface area contributed by atoms with Gasteiger partial charge in [0.05, 0.1) is 4.88 Å². The van der Waals surface area contributed by atoms with Crippen molar-refractivity contribution in [3.63, 3.8) is 0 Å². The molecule has 1 rings (SSSR count). The van der Waals surface area contributed by atoms with Crippen LogP contribution in [0.3, 0.4) is 0 Å². The lowest BCUT2D eigenvalue weighted by Gasteiger charge is -2.03. The van der Waals surface area contributed by atoms with E-state index in [1.165, 1.54) is 17.4 Å². The summed E-state index contributed by atoms with van der Waals surface area (Å²) in [6.07, 6.45) is 3.35. The lowest BCUT2D eigenvalue weighted by Crippen LogP contribution is -2.24. The van der Waals surface area contributed by atoms with Gasteiger partial charge in [0.1, 0.15) is 0 Å². The average molecular weight is 297 g/mol. The fourth-order valence-electron chi connectivity index (χ4n) is 1.53. The van der Waals surface area contributed by atoms with Gasteiger partial charge in [0, 0.05) is 30.7 Å². The molecule has 0 fully saturated rings. The third-order valence-electron chi connectivity index (χ3n) is 2.51. The maximum absolute atomic E-state index is 11.9. The molecule has 0 atom stereocenters. The number of amides is 1. The van der Waals surface area contributed by atoms with Gasteiger partial charge in [-0.2, -0.15) is 0 Å². The molecule has 6 heteroatoms. The quantitative estimate of drug-likeness (QED) is 0.570. The zero-order valence-electron chi connectivity index (χ0n) is 11.6. The van der Waals surface area contributed by atoms with Gasteiger partial charge in [0.25, 0.3) is 5.91 Å². The molecule has 0 unspecified atom stereocenters. The van der Waals surface area contributed by atoms with Gasteiger partial charge in [0.15, 0.2) is 0 Å². The van der Waals surface area contributed by atoms with Crippen molar-refractivity contribution >= 4 is 29.3 Å². The lowest BCUT2D eigenvalue weighted by atomic mass is 10.2. The van der Waals surface area contributed by atoms with E-state index in [2.05, 4.69) is 5.32 Å². The smallest absolute Gasteiger partial charge is 0.328 e. The molecule has 0 radical (unpaired) electrons. The summed E-state index contributed by atoms with van der Waals surface area (Å²) in [5.41, 5.74) is 0.895. The van der Waals surface area contributed by atoms with Crippen molar-refractivity contribution in [1.82, 2.24) is 5.32 Å². The molecule has 0 bridgehead atoms. The number of carboxylic acid groups (broad SMARTS) is 1. The van der Waals surface area contributed by atoms with E-state index in [-0.39, 0.29) is 5.91 Å². The van der Waals surface area contributed by atoms with Gasteiger partial charge in [-0.05, 0) is 38.0 Å². The van der Waals surface area contributed by atoms with Crippen molar-refractivity contribution in [3.05, 3.63) is 27.5 Å². The topological polar surface area (TPSA) is 75.6 Å². The second kappa shape index (κ2) is 8.50. The first-order valence-corrected chi connectivity index (χ1v) is 7.23. The van der Waals surface area contributed by atoms with E-state index < -0.39 is 5.97 Å². The molecule has 0 aliphatic heterocycles. The van der Waals surface area contributed by atoms with Crippen LogP contribution >= 0.6 is 11.3 Å². The molecule has 0 spiro atoms. The number of carbonyl (C=O) groups excluding carboxylic acids is 1. The number of rotatable bonds is 8. The summed E-state index contributed by atoms with van der Waals surface area (Å²) in [4.78, 5) is 23.7. The monoisotopic (exact) mass is 297 g/mol. The molecule has 0 aliphatic carbocycles. The van der Waals surface area contributed by atoms with Crippen molar-refractivity contribution in [2.45, 2.75) is 20.3 Å². The zero-order chi connectivity index (χ0) is 15.0. The predicted octanol–water partition coefficient (Wildman–Crippen LogP) is 2.31. The molecule has 110 valence electrons. The van der Waals surface area contributed by atoms with Crippen molar-refractivity contribution in [3.8, 4) is 0 Å². The van der Waals surface area contributed by atoms with Gasteiger partial charge in [-0.25, -0.2) is 4.79 Å². The zero-order valence-corrected chi connectivity index (χ0v) is 12.5. The Morgan fingerprint density at radius 1 is 1.50 bits per heavy atom. The predicted molar refractivity (Wildman–Crippen MR) is 79.2 cm³/mol. The molecule has 1 heterocycles. The standard InChI is InChI=1S/C14H19NO4S/c1-3-19-8-4-7-15-14(18)12-9-10(2)11(20-12)5-6-13(16)17/h5-6,9H,3-4,7-8H2,1-2H3,(H,15,18)(H,16,17)/b6-5+. The normalized spacial score (nSPS) is 10.9. The summed E-state index contributed by atoms with van der Waals surface area (Å²) >= 11 is 1.28. The van der Waals surface area contributed by atoms with Crippen LogP contribution in [0, 0.1) is 6.92 Å². The number of nitrogens with one attached hydrogen (secondary N) is 1. The number of hydrogen-bond acceptors (Lipinski definition) is 4. The highest BCUT2D eigenvalue weighted by Crippen LogP contribution is 2.23. The lowest BCUT2D eigenvalue weighted by molar-refractivity contribution is -0.131. The first-order chi connectivity index (χ1) is 9.54. The van der Waals surface area contributed by atoms with Crippen molar-refractivity contribution in [1.29, 1.82) is 0 Å². The molecule has 1 aromatic rings. The molecule has 0 saturated heterocycles. The second-order valence-corrected chi connectivity index (χ2v) is 5.22. The van der Waals surface area contributed by atoms with E-state index >= 15 is 0 Å². The Hall–Kier alpha value is -1.66. The van der Waals surface area contributed by atoms with Crippen LogP contribution in [0.5, 0.6) is 0 Å². The fraction of sp³-hybridized carbons (Fsp3) is 0.429. The number of aliphatic carboxylic acids is 1. The Morgan fingerprint density at radius 3 is 2.90 bits per heavy atom. The highest BCUT2D eigenvalue weighted by atomic mass is 32.1. The molecule has 0 saturated carbocycles. The molecular formula is C14H19NO4S. The van der Waals surface area contributed by atoms with E-state index in [0.29, 0.717) is 24.6 Å². The second-order valence-electron chi connectivity index (χ2n) is 4.14. The first-order valence-electron chi connectivity index (χ1n) is 6.42. The van der Waals surface area contributed by atoms with E-state index in [1.54, 1.807) is 6.07 Å². The van der Waals surface area contributed by atoms with Gasteiger partial charge < -0.3 is 15.2 Å². The summed E-state index contributed by atoms with van der Waals surface area (Å²) in [6, 6.07) is 1.77. The van der Waals surface area contributed by atoms with Crippen LogP contribution in [0.1, 0.15) is 33.5 Å². The van der Waals surface area contributed by atoms with Crippen molar-refractivity contribution in [2.24, 2.45) is 0 Å². The molecule has 20 heavy (non-hydrogen) atoms. The Morgan fingerprint density at radius 2 is 2.25 bits per heavy atom. The molecule has 1 amide bonds. The Kier molecular flexibility index (Phi) is 6.97. The minimum absolute atomic E-state index is 0.135. The van der Waals surface area contributed by atoms with Crippen LogP contribution in [0.2, 0.25) is 0 Å². The van der Waals surface area contributed by atoms with E-state index in [0.717, 1.165) is 22.9 Å². The van der Waals surface area contributed by atoms with Crippen LogP contribution in [0.4, 0.5) is 0 Å². The largest absolute Gasteiger partial charge is 0.478 e. The number of carboxylic acids is 1. The summed E-state index contributed by atoms with van der Waals surface area (Å²) in [5, 5.41) is 11.4. The number of ether oxygens (including phenoxy) is 1. The first kappa shape index (κ1) is 16.4. The molecule has 2 N–H and O–H groups in total. The fourth-order valence-corrected chi connectivity index (χ4v) is 2.52. The van der Waals surface area contributed by atoms with E-state index in [9.17, 15) is 9.59 Å². The number of hydrogen-bond donors (Lipinski definition) is 2. The summed E-state index contributed by atoms with van der Waals surface area (Å²) in [7, 11) is 0. The van der Waals surface area contributed by atoms with Gasteiger partial charge >= 0.3 is 5.97 Å². The molecule has 0 aromatic carbocycles. The maximum Gasteiger partial charge on any atom is 0.328 e. The average Bonchev–Trinajstić information content (AvgIpc) is 2.77. The molecular weight excluding hydrogens is 278 g/mol. The summed E-state index contributed by atoms with van der Waals surface area (Å²) in [5.74, 6) is -1.13. The van der Waals surface area contributed by atoms with Crippen LogP contribution in [0.15, 0.2) is 12.1 Å². The minimum Gasteiger partial charge on any atom is -0.478 e. The SMILES string of the molecule is CCOCCCNC(=O)c1cc(C)c(/C=C/C(=O)O)s1. The van der Waals surface area contributed by atoms with Crippen molar-refractivity contribution < 1.29 is 19.4 Å². The van der Waals surface area contributed by atoms with Crippen LogP contribution < -0.4 is 5.32 Å². The minimum atomic E-state index is -1.00. The number of carbonyl (C=O) groups is 2. The summed E-state index contributed by atoms with van der Waals surface area (Å²) < 4.78 is 5.19. The van der Waals surface area contributed by atoms with Crippen molar-refractivity contribution in [2.75, 3.05) is 19.8 Å². The highest BCUT2D eigenvalue weighted by Gasteiger charge is 2.10.